The maximum Gasteiger partial charge on any atom is 0.191 e. The average molecular weight is 567 g/mol. The fraction of sp³-hybridized carbons (Fsp3) is 0.458. The van der Waals surface area contributed by atoms with Crippen molar-refractivity contribution in [3.8, 4) is 0 Å². The van der Waals surface area contributed by atoms with Crippen LogP contribution in [0.2, 0.25) is 0 Å². The van der Waals surface area contributed by atoms with Gasteiger partial charge in [-0.2, -0.15) is 0 Å². The third-order valence-corrected chi connectivity index (χ3v) is 6.58. The number of thiophene rings is 1. The van der Waals surface area contributed by atoms with Crippen LogP contribution >= 0.6 is 35.3 Å². The second kappa shape index (κ2) is 12.3. The van der Waals surface area contributed by atoms with Crippen molar-refractivity contribution >= 4 is 41.3 Å². The van der Waals surface area contributed by atoms with Gasteiger partial charge in [0.2, 0.25) is 0 Å². The maximum absolute atomic E-state index is 4.79. The Morgan fingerprint density at radius 3 is 2.47 bits per heavy atom. The van der Waals surface area contributed by atoms with Gasteiger partial charge in [-0.05, 0) is 42.3 Å². The number of aliphatic imine (C=N–C) groups is 1. The molecule has 0 aliphatic carbocycles. The summed E-state index contributed by atoms with van der Waals surface area (Å²) in [7, 11) is 1.97. The maximum atomic E-state index is 4.79. The summed E-state index contributed by atoms with van der Waals surface area (Å²) in [6.07, 6.45) is 2.04. The Hall–Kier alpha value is -1.94. The molecule has 2 aromatic heterocycles. The van der Waals surface area contributed by atoms with Gasteiger partial charge in [-0.3, -0.25) is 0 Å². The van der Waals surface area contributed by atoms with Crippen LogP contribution < -0.4 is 10.6 Å². The monoisotopic (exact) mass is 566 g/mol. The molecular formula is C24H35IN6S. The summed E-state index contributed by atoms with van der Waals surface area (Å²) >= 11 is 1.79. The lowest BCUT2D eigenvalue weighted by Crippen LogP contribution is -2.44. The van der Waals surface area contributed by atoms with Crippen molar-refractivity contribution in [3.63, 3.8) is 0 Å². The third-order valence-electron chi connectivity index (χ3n) is 5.65. The standard InChI is InChI=1S/C24H34N6S.HI/c1-6-19-9-11-20(12-10-19)24(3,4)17-27-23(25-14-13-21-8-7-15-31-21)26-16-22-29-28-18(2)30(22)5;/h7-12,15H,6,13-14,16-17H2,1-5H3,(H2,25,26,27);1H. The first kappa shape index (κ1) is 26.3. The van der Waals surface area contributed by atoms with Crippen molar-refractivity contribution in [1.82, 2.24) is 25.4 Å². The van der Waals surface area contributed by atoms with Crippen LogP contribution in [-0.4, -0.2) is 33.8 Å². The van der Waals surface area contributed by atoms with E-state index in [-0.39, 0.29) is 29.4 Å². The molecule has 8 heteroatoms. The van der Waals surface area contributed by atoms with E-state index >= 15 is 0 Å². The van der Waals surface area contributed by atoms with E-state index in [2.05, 4.69) is 83.4 Å². The van der Waals surface area contributed by atoms with Crippen molar-refractivity contribution in [3.05, 3.63) is 69.4 Å². The minimum atomic E-state index is -0.0240. The van der Waals surface area contributed by atoms with Gasteiger partial charge >= 0.3 is 0 Å². The average Bonchev–Trinajstić information content (AvgIpc) is 3.40. The lowest BCUT2D eigenvalue weighted by Gasteiger charge is -2.27. The van der Waals surface area contributed by atoms with Gasteiger partial charge in [0, 0.05) is 30.4 Å². The quantitative estimate of drug-likeness (QED) is 0.226. The first-order chi connectivity index (χ1) is 14.9. The van der Waals surface area contributed by atoms with Crippen LogP contribution in [0, 0.1) is 6.92 Å². The first-order valence-corrected chi connectivity index (χ1v) is 11.8. The molecule has 0 unspecified atom stereocenters. The van der Waals surface area contributed by atoms with Gasteiger partial charge in [-0.25, -0.2) is 4.99 Å². The highest BCUT2D eigenvalue weighted by Crippen LogP contribution is 2.22. The van der Waals surface area contributed by atoms with E-state index in [1.165, 1.54) is 16.0 Å². The first-order valence-electron chi connectivity index (χ1n) is 10.9. The molecule has 0 atom stereocenters. The second-order valence-corrected chi connectivity index (χ2v) is 9.46. The number of hydrogen-bond acceptors (Lipinski definition) is 4. The predicted molar refractivity (Wildman–Crippen MR) is 145 cm³/mol. The number of hydrogen-bond donors (Lipinski definition) is 2. The molecule has 0 fully saturated rings. The Kier molecular flexibility index (Phi) is 10.1. The number of nitrogens with zero attached hydrogens (tertiary/aromatic N) is 4. The summed E-state index contributed by atoms with van der Waals surface area (Å²) < 4.78 is 1.98. The number of benzene rings is 1. The number of halogens is 1. The lowest BCUT2D eigenvalue weighted by atomic mass is 9.84. The van der Waals surface area contributed by atoms with E-state index < -0.39 is 0 Å². The van der Waals surface area contributed by atoms with Crippen molar-refractivity contribution in [2.45, 2.75) is 52.5 Å². The van der Waals surface area contributed by atoms with Crippen LogP contribution in [0.3, 0.4) is 0 Å². The predicted octanol–water partition coefficient (Wildman–Crippen LogP) is 4.62. The smallest absolute Gasteiger partial charge is 0.191 e. The fourth-order valence-electron chi connectivity index (χ4n) is 3.27. The molecule has 2 heterocycles. The van der Waals surface area contributed by atoms with E-state index in [0.717, 1.165) is 43.5 Å². The Balaban J connectivity index is 0.00000363. The molecule has 0 spiro atoms. The number of nitrogens with one attached hydrogen (secondary N) is 2. The number of guanidine groups is 1. The molecule has 1 aromatic carbocycles. The van der Waals surface area contributed by atoms with Gasteiger partial charge in [0.15, 0.2) is 11.8 Å². The van der Waals surface area contributed by atoms with Crippen molar-refractivity contribution in [2.24, 2.45) is 12.0 Å². The SMILES string of the molecule is CCc1ccc(C(C)(C)CNC(=NCc2nnc(C)n2C)NCCc2cccs2)cc1.I. The fourth-order valence-corrected chi connectivity index (χ4v) is 3.98. The summed E-state index contributed by atoms with van der Waals surface area (Å²) in [6, 6.07) is 13.2. The van der Waals surface area contributed by atoms with E-state index in [9.17, 15) is 0 Å². The largest absolute Gasteiger partial charge is 0.356 e. The molecule has 174 valence electrons. The molecule has 0 bridgehead atoms. The summed E-state index contributed by atoms with van der Waals surface area (Å²) in [4.78, 5) is 6.15. The van der Waals surface area contributed by atoms with Gasteiger partial charge < -0.3 is 15.2 Å². The minimum Gasteiger partial charge on any atom is -0.356 e. The summed E-state index contributed by atoms with van der Waals surface area (Å²) in [5, 5.41) is 17.5. The summed E-state index contributed by atoms with van der Waals surface area (Å²) in [5.41, 5.74) is 2.66. The number of rotatable bonds is 9. The molecule has 0 aliphatic rings. The van der Waals surface area contributed by atoms with Gasteiger partial charge in [0.1, 0.15) is 12.4 Å². The van der Waals surface area contributed by atoms with Crippen LogP contribution in [0.25, 0.3) is 0 Å². The van der Waals surface area contributed by atoms with Crippen LogP contribution in [0.4, 0.5) is 0 Å². The zero-order valence-electron chi connectivity index (χ0n) is 19.7. The molecule has 0 aliphatic heterocycles. The Labute approximate surface area is 213 Å². The van der Waals surface area contributed by atoms with Gasteiger partial charge in [-0.1, -0.05) is 51.1 Å². The molecule has 0 saturated heterocycles. The summed E-state index contributed by atoms with van der Waals surface area (Å²) in [5.74, 6) is 2.55. The number of aryl methyl sites for hydroxylation is 2. The number of aromatic nitrogens is 3. The second-order valence-electron chi connectivity index (χ2n) is 8.43. The van der Waals surface area contributed by atoms with Crippen LogP contribution in [0.15, 0.2) is 46.8 Å². The van der Waals surface area contributed by atoms with Gasteiger partial charge in [0.25, 0.3) is 0 Å². The molecule has 3 rings (SSSR count). The Morgan fingerprint density at radius 1 is 1.12 bits per heavy atom. The third kappa shape index (κ3) is 7.30. The summed E-state index contributed by atoms with van der Waals surface area (Å²) in [6.45, 7) is 10.7. The highest BCUT2D eigenvalue weighted by Gasteiger charge is 2.21. The minimum absolute atomic E-state index is 0. The highest BCUT2D eigenvalue weighted by molar-refractivity contribution is 14.0. The zero-order valence-corrected chi connectivity index (χ0v) is 22.8. The normalized spacial score (nSPS) is 11.8. The van der Waals surface area contributed by atoms with Crippen molar-refractivity contribution in [1.29, 1.82) is 0 Å². The van der Waals surface area contributed by atoms with Gasteiger partial charge in [0.05, 0.1) is 0 Å². The molecule has 6 nitrogen and oxygen atoms in total. The Bertz CT molecular complexity index is 977. The van der Waals surface area contributed by atoms with Crippen LogP contribution in [0.5, 0.6) is 0 Å². The molecular weight excluding hydrogens is 531 g/mol. The van der Waals surface area contributed by atoms with E-state index in [0.29, 0.717) is 6.54 Å². The topological polar surface area (TPSA) is 67.1 Å². The van der Waals surface area contributed by atoms with Crippen LogP contribution in [-0.2, 0) is 31.8 Å². The van der Waals surface area contributed by atoms with Crippen LogP contribution in [0.1, 0.15) is 48.4 Å². The van der Waals surface area contributed by atoms with Crippen molar-refractivity contribution < 1.29 is 0 Å². The molecule has 0 saturated carbocycles. The van der Waals surface area contributed by atoms with E-state index in [4.69, 9.17) is 4.99 Å². The van der Waals surface area contributed by atoms with Gasteiger partial charge in [-0.15, -0.1) is 45.5 Å². The molecule has 0 amide bonds. The van der Waals surface area contributed by atoms with Crippen molar-refractivity contribution in [2.75, 3.05) is 13.1 Å². The molecule has 2 N–H and O–H groups in total. The van der Waals surface area contributed by atoms with E-state index in [1.807, 2.05) is 18.5 Å². The molecule has 0 radical (unpaired) electrons. The zero-order chi connectivity index (χ0) is 22.3. The lowest BCUT2D eigenvalue weighted by molar-refractivity contribution is 0.508. The highest BCUT2D eigenvalue weighted by atomic mass is 127. The molecule has 32 heavy (non-hydrogen) atoms. The Morgan fingerprint density at radius 2 is 1.88 bits per heavy atom. The molecule has 3 aromatic rings. The van der Waals surface area contributed by atoms with E-state index in [1.54, 1.807) is 11.3 Å².